The molecule has 148 valence electrons. The lowest BCUT2D eigenvalue weighted by molar-refractivity contribution is 0.749. The van der Waals surface area contributed by atoms with E-state index >= 15 is 0 Å². The van der Waals surface area contributed by atoms with Gasteiger partial charge in [0.05, 0.1) is 6.20 Å². The molecule has 30 heavy (non-hydrogen) atoms. The molecular weight excluding hydrogens is 370 g/mol. The van der Waals surface area contributed by atoms with Crippen LogP contribution in [0.5, 0.6) is 0 Å². The third kappa shape index (κ3) is 3.77. The fraction of sp³-hybridized carbons (Fsp3) is 0.240. The lowest BCUT2D eigenvalue weighted by Gasteiger charge is -2.14. The first-order valence-corrected chi connectivity index (χ1v) is 10.4. The number of hydrogen-bond donors (Lipinski definition) is 1. The number of aromatic nitrogens is 4. The van der Waals surface area contributed by atoms with Crippen LogP contribution < -0.4 is 5.32 Å². The number of anilines is 1. The predicted molar refractivity (Wildman–Crippen MR) is 119 cm³/mol. The minimum Gasteiger partial charge on any atom is -0.367 e. The van der Waals surface area contributed by atoms with E-state index < -0.39 is 0 Å². The Morgan fingerprint density at radius 1 is 1.03 bits per heavy atom. The summed E-state index contributed by atoms with van der Waals surface area (Å²) in [6, 6.07) is 14.6. The predicted octanol–water partition coefficient (Wildman–Crippen LogP) is 4.85. The second-order valence-electron chi connectivity index (χ2n) is 7.73. The van der Waals surface area contributed by atoms with Crippen molar-refractivity contribution in [2.75, 3.05) is 5.32 Å². The van der Waals surface area contributed by atoms with Crippen LogP contribution >= 0.6 is 0 Å². The molecule has 1 aliphatic rings. The molecule has 0 amide bonds. The van der Waals surface area contributed by atoms with Crippen LogP contribution in [0.4, 0.5) is 5.82 Å². The Hall–Kier alpha value is -3.65. The van der Waals surface area contributed by atoms with Crippen molar-refractivity contribution in [3.8, 4) is 23.1 Å². The molecule has 0 bridgehead atoms. The summed E-state index contributed by atoms with van der Waals surface area (Å²) >= 11 is 0. The highest BCUT2D eigenvalue weighted by atomic mass is 15.2. The molecule has 1 N–H and O–H groups in total. The minimum absolute atomic E-state index is 0.493. The van der Waals surface area contributed by atoms with Gasteiger partial charge in [-0.1, -0.05) is 37.0 Å². The molecule has 0 unspecified atom stereocenters. The summed E-state index contributed by atoms with van der Waals surface area (Å²) in [5.41, 5.74) is 5.51. The second kappa shape index (κ2) is 8.00. The van der Waals surface area contributed by atoms with Gasteiger partial charge in [-0.3, -0.25) is 9.38 Å². The highest BCUT2D eigenvalue weighted by Gasteiger charge is 2.20. The molecule has 3 heterocycles. The van der Waals surface area contributed by atoms with Crippen LogP contribution in [0, 0.1) is 18.8 Å². The zero-order valence-electron chi connectivity index (χ0n) is 17.0. The molecule has 5 nitrogen and oxygen atoms in total. The van der Waals surface area contributed by atoms with Crippen LogP contribution in [0.1, 0.15) is 42.6 Å². The molecule has 0 aliphatic heterocycles. The third-order valence-corrected chi connectivity index (χ3v) is 5.49. The first-order chi connectivity index (χ1) is 14.8. The first kappa shape index (κ1) is 18.4. The van der Waals surface area contributed by atoms with Crippen molar-refractivity contribution in [1.29, 1.82) is 0 Å². The van der Waals surface area contributed by atoms with Gasteiger partial charge in [-0.2, -0.15) is 0 Å². The second-order valence-corrected chi connectivity index (χ2v) is 7.73. The molecule has 5 rings (SSSR count). The zero-order valence-corrected chi connectivity index (χ0v) is 17.0. The monoisotopic (exact) mass is 393 g/mol. The first-order valence-electron chi connectivity index (χ1n) is 10.4. The maximum absolute atomic E-state index is 4.87. The maximum Gasteiger partial charge on any atom is 0.157 e. The summed E-state index contributed by atoms with van der Waals surface area (Å²) in [5, 5.41) is 3.74. The average Bonchev–Trinajstić information content (AvgIpc) is 3.41. The smallest absolute Gasteiger partial charge is 0.157 e. The van der Waals surface area contributed by atoms with Gasteiger partial charge < -0.3 is 5.32 Å². The van der Waals surface area contributed by atoms with E-state index in [4.69, 9.17) is 4.98 Å². The SMILES string of the molecule is Cc1cccc(C#Cc2cccc(-c3nc4cnccn4c3NC3CCCC3)c2)n1. The van der Waals surface area contributed by atoms with E-state index in [2.05, 4.69) is 43.7 Å². The lowest BCUT2D eigenvalue weighted by Crippen LogP contribution is -2.16. The van der Waals surface area contributed by atoms with E-state index in [1.807, 2.05) is 43.5 Å². The fourth-order valence-corrected chi connectivity index (χ4v) is 4.00. The molecular formula is C25H23N5. The highest BCUT2D eigenvalue weighted by Crippen LogP contribution is 2.31. The van der Waals surface area contributed by atoms with Crippen molar-refractivity contribution in [2.24, 2.45) is 0 Å². The van der Waals surface area contributed by atoms with E-state index in [0.717, 1.165) is 39.7 Å². The minimum atomic E-state index is 0.493. The molecule has 4 aromatic rings. The van der Waals surface area contributed by atoms with Gasteiger partial charge in [0.25, 0.3) is 0 Å². The van der Waals surface area contributed by atoms with Gasteiger partial charge in [-0.15, -0.1) is 0 Å². The highest BCUT2D eigenvalue weighted by molar-refractivity contribution is 5.77. The summed E-state index contributed by atoms with van der Waals surface area (Å²) < 4.78 is 2.09. The third-order valence-electron chi connectivity index (χ3n) is 5.49. The zero-order chi connectivity index (χ0) is 20.3. The summed E-state index contributed by atoms with van der Waals surface area (Å²) in [4.78, 5) is 13.6. The van der Waals surface area contributed by atoms with Gasteiger partial charge in [-0.05, 0) is 50.0 Å². The number of fused-ring (bicyclic) bond motifs is 1. The topological polar surface area (TPSA) is 55.1 Å². The maximum atomic E-state index is 4.87. The number of benzene rings is 1. The number of nitrogens with one attached hydrogen (secondary N) is 1. The van der Waals surface area contributed by atoms with Crippen LogP contribution in [0.3, 0.4) is 0 Å². The van der Waals surface area contributed by atoms with E-state index in [1.54, 1.807) is 12.4 Å². The van der Waals surface area contributed by atoms with Gasteiger partial charge in [0.2, 0.25) is 0 Å². The molecule has 5 heteroatoms. The fourth-order valence-electron chi connectivity index (χ4n) is 4.00. The van der Waals surface area contributed by atoms with E-state index in [-0.39, 0.29) is 0 Å². The summed E-state index contributed by atoms with van der Waals surface area (Å²) in [6.45, 7) is 1.98. The average molecular weight is 393 g/mol. The van der Waals surface area contributed by atoms with Crippen molar-refractivity contribution in [2.45, 2.75) is 38.6 Å². The number of aryl methyl sites for hydroxylation is 1. The number of nitrogens with zero attached hydrogens (tertiary/aromatic N) is 4. The summed E-state index contributed by atoms with van der Waals surface area (Å²) in [6.07, 6.45) is 10.5. The summed E-state index contributed by atoms with van der Waals surface area (Å²) in [7, 11) is 0. The van der Waals surface area contributed by atoms with E-state index in [9.17, 15) is 0 Å². The number of imidazole rings is 1. The van der Waals surface area contributed by atoms with Crippen molar-refractivity contribution in [1.82, 2.24) is 19.4 Å². The Morgan fingerprint density at radius 3 is 2.77 bits per heavy atom. The molecule has 1 aliphatic carbocycles. The van der Waals surface area contributed by atoms with Crippen molar-refractivity contribution < 1.29 is 0 Å². The number of pyridine rings is 1. The van der Waals surface area contributed by atoms with Gasteiger partial charge >= 0.3 is 0 Å². The van der Waals surface area contributed by atoms with Crippen molar-refractivity contribution in [3.63, 3.8) is 0 Å². The molecule has 1 aromatic carbocycles. The Labute approximate surface area is 176 Å². The summed E-state index contributed by atoms with van der Waals surface area (Å²) in [5.74, 6) is 7.45. The molecule has 1 saturated carbocycles. The normalized spacial score (nSPS) is 13.9. The quantitative estimate of drug-likeness (QED) is 0.505. The van der Waals surface area contributed by atoms with Crippen LogP contribution in [-0.2, 0) is 0 Å². The van der Waals surface area contributed by atoms with Gasteiger partial charge in [0.1, 0.15) is 17.2 Å². The van der Waals surface area contributed by atoms with E-state index in [1.165, 1.54) is 25.7 Å². The van der Waals surface area contributed by atoms with Crippen LogP contribution in [0.2, 0.25) is 0 Å². The molecule has 0 spiro atoms. The molecule has 0 atom stereocenters. The van der Waals surface area contributed by atoms with Crippen molar-refractivity contribution in [3.05, 3.63) is 78.0 Å². The number of rotatable bonds is 3. The van der Waals surface area contributed by atoms with Crippen molar-refractivity contribution >= 4 is 11.5 Å². The standard InChI is InChI=1S/C25H23N5/c1-18-6-4-11-22(27-18)13-12-19-7-5-8-20(16-19)24-25(28-21-9-2-3-10-21)30-15-14-26-17-23(30)29-24/h4-8,11,14-17,21,28H,2-3,9-10H2,1H3. The Balaban J connectivity index is 1.53. The van der Waals surface area contributed by atoms with Gasteiger partial charge in [-0.25, -0.2) is 9.97 Å². The Bertz CT molecular complexity index is 1260. The van der Waals surface area contributed by atoms with Gasteiger partial charge in [0, 0.05) is 35.3 Å². The molecule has 0 saturated heterocycles. The van der Waals surface area contributed by atoms with Crippen LogP contribution in [-0.4, -0.2) is 25.4 Å². The Morgan fingerprint density at radius 2 is 1.90 bits per heavy atom. The molecule has 1 fully saturated rings. The lowest BCUT2D eigenvalue weighted by atomic mass is 10.1. The van der Waals surface area contributed by atoms with Crippen LogP contribution in [0.25, 0.3) is 16.9 Å². The largest absolute Gasteiger partial charge is 0.367 e. The van der Waals surface area contributed by atoms with Crippen LogP contribution in [0.15, 0.2) is 61.1 Å². The number of hydrogen-bond acceptors (Lipinski definition) is 4. The van der Waals surface area contributed by atoms with E-state index in [0.29, 0.717) is 6.04 Å². The molecule has 3 aromatic heterocycles. The van der Waals surface area contributed by atoms with Gasteiger partial charge in [0.15, 0.2) is 5.65 Å². The Kier molecular flexibility index (Phi) is 4.90. The molecule has 0 radical (unpaired) electrons.